The molecule has 0 atom stereocenters. The fourth-order valence-electron chi connectivity index (χ4n) is 2.10. The van der Waals surface area contributed by atoms with Gasteiger partial charge in [-0.05, 0) is 30.2 Å². The highest BCUT2D eigenvalue weighted by atomic mass is 127. The van der Waals surface area contributed by atoms with Crippen LogP contribution in [-0.4, -0.2) is 55.5 Å². The third-order valence-electron chi connectivity index (χ3n) is 3.61. The maximum atomic E-state index is 11.8. The standard InChI is InChI=1S/C18H24ClN5O2.HI/c1-24(2)17(25)13-23-18(21-10-8-15-4-3-11-26-15)20-9-7-14-5-6-16(19)22-12-14;/h3-6,11-12H,7-10,13H2,1-2H3,(H2,20,21,23);1H. The zero-order valence-electron chi connectivity index (χ0n) is 15.4. The summed E-state index contributed by atoms with van der Waals surface area (Å²) in [5.41, 5.74) is 1.07. The van der Waals surface area contributed by atoms with E-state index in [-0.39, 0.29) is 36.4 Å². The molecular formula is C18H25ClIN5O2. The molecule has 0 unspecified atom stereocenters. The van der Waals surface area contributed by atoms with Crippen LogP contribution in [0.2, 0.25) is 5.15 Å². The number of aliphatic imine (C=N–C) groups is 1. The minimum atomic E-state index is -0.0564. The number of rotatable bonds is 8. The number of hydrogen-bond donors (Lipinski definition) is 2. The van der Waals surface area contributed by atoms with E-state index in [1.165, 1.54) is 4.90 Å². The van der Waals surface area contributed by atoms with Crippen molar-refractivity contribution in [2.24, 2.45) is 4.99 Å². The number of carbonyl (C=O) groups is 1. The Balaban J connectivity index is 0.00000364. The molecule has 0 aromatic carbocycles. The lowest BCUT2D eigenvalue weighted by atomic mass is 10.2. The Labute approximate surface area is 181 Å². The Morgan fingerprint density at radius 3 is 2.56 bits per heavy atom. The number of aromatic nitrogens is 1. The van der Waals surface area contributed by atoms with E-state index in [9.17, 15) is 4.79 Å². The number of furan rings is 1. The quantitative estimate of drug-likeness (QED) is 0.249. The van der Waals surface area contributed by atoms with E-state index in [4.69, 9.17) is 16.0 Å². The Morgan fingerprint density at radius 2 is 1.96 bits per heavy atom. The van der Waals surface area contributed by atoms with Gasteiger partial charge in [-0.3, -0.25) is 4.79 Å². The fraction of sp³-hybridized carbons (Fsp3) is 0.389. The zero-order chi connectivity index (χ0) is 18.8. The lowest BCUT2D eigenvalue weighted by Gasteiger charge is -2.13. The fourth-order valence-corrected chi connectivity index (χ4v) is 2.21. The normalized spacial score (nSPS) is 10.9. The van der Waals surface area contributed by atoms with Crippen LogP contribution in [0.5, 0.6) is 0 Å². The summed E-state index contributed by atoms with van der Waals surface area (Å²) in [7, 11) is 3.42. The van der Waals surface area contributed by atoms with Crippen LogP contribution in [0, 0.1) is 0 Å². The van der Waals surface area contributed by atoms with Crippen LogP contribution in [0.15, 0.2) is 46.1 Å². The van der Waals surface area contributed by atoms with Crippen LogP contribution in [0.25, 0.3) is 0 Å². The zero-order valence-corrected chi connectivity index (χ0v) is 18.5. The first kappa shape index (κ1) is 23.2. The molecule has 0 saturated heterocycles. The molecule has 0 fully saturated rings. The summed E-state index contributed by atoms with van der Waals surface area (Å²) in [5.74, 6) is 1.43. The van der Waals surface area contributed by atoms with Crippen molar-refractivity contribution < 1.29 is 9.21 Å². The average molecular weight is 506 g/mol. The average Bonchev–Trinajstić information content (AvgIpc) is 3.14. The molecule has 27 heavy (non-hydrogen) atoms. The smallest absolute Gasteiger partial charge is 0.243 e. The molecule has 0 radical (unpaired) electrons. The summed E-state index contributed by atoms with van der Waals surface area (Å²) >= 11 is 5.79. The summed E-state index contributed by atoms with van der Waals surface area (Å²) < 4.78 is 5.31. The van der Waals surface area contributed by atoms with E-state index in [0.29, 0.717) is 24.2 Å². The number of hydrogen-bond acceptors (Lipinski definition) is 4. The third kappa shape index (κ3) is 9.09. The van der Waals surface area contributed by atoms with Crippen molar-refractivity contribution in [3.63, 3.8) is 0 Å². The second-order valence-corrected chi connectivity index (χ2v) is 6.26. The lowest BCUT2D eigenvalue weighted by molar-refractivity contribution is -0.127. The number of pyridine rings is 1. The molecule has 7 nitrogen and oxygen atoms in total. The molecule has 1 amide bonds. The third-order valence-corrected chi connectivity index (χ3v) is 3.83. The molecule has 148 valence electrons. The Bertz CT molecular complexity index is 705. The minimum Gasteiger partial charge on any atom is -0.469 e. The van der Waals surface area contributed by atoms with E-state index < -0.39 is 0 Å². The van der Waals surface area contributed by atoms with Crippen LogP contribution >= 0.6 is 35.6 Å². The van der Waals surface area contributed by atoms with Gasteiger partial charge in [0.05, 0.1) is 6.26 Å². The van der Waals surface area contributed by atoms with E-state index in [0.717, 1.165) is 24.2 Å². The first-order chi connectivity index (χ1) is 12.5. The number of carbonyl (C=O) groups excluding carboxylic acids is 1. The highest BCUT2D eigenvalue weighted by Crippen LogP contribution is 2.05. The van der Waals surface area contributed by atoms with Crippen molar-refractivity contribution >= 4 is 47.4 Å². The summed E-state index contributed by atoms with van der Waals surface area (Å²) in [6.07, 6.45) is 4.90. The van der Waals surface area contributed by atoms with Crippen molar-refractivity contribution in [2.75, 3.05) is 33.7 Å². The molecule has 0 spiro atoms. The molecule has 0 aliphatic carbocycles. The number of nitrogens with one attached hydrogen (secondary N) is 2. The number of likely N-dealkylation sites (N-methyl/N-ethyl adjacent to an activating group) is 1. The summed E-state index contributed by atoms with van der Waals surface area (Å²) in [5, 5.41) is 6.93. The maximum Gasteiger partial charge on any atom is 0.243 e. The lowest BCUT2D eigenvalue weighted by Crippen LogP contribution is -2.40. The molecule has 0 aliphatic heterocycles. The number of amides is 1. The van der Waals surface area contributed by atoms with Crippen LogP contribution in [-0.2, 0) is 17.6 Å². The van der Waals surface area contributed by atoms with Gasteiger partial charge >= 0.3 is 0 Å². The minimum absolute atomic E-state index is 0. The van der Waals surface area contributed by atoms with Gasteiger partial charge in [0.2, 0.25) is 5.91 Å². The topological polar surface area (TPSA) is 82.8 Å². The van der Waals surface area contributed by atoms with Gasteiger partial charge in [0.25, 0.3) is 0 Å². The summed E-state index contributed by atoms with van der Waals surface area (Å²) in [6.45, 7) is 1.40. The molecule has 2 aromatic heterocycles. The highest BCUT2D eigenvalue weighted by Gasteiger charge is 2.05. The molecule has 0 aliphatic rings. The van der Waals surface area contributed by atoms with Gasteiger partial charge in [0.1, 0.15) is 17.5 Å². The predicted octanol–water partition coefficient (Wildman–Crippen LogP) is 2.35. The maximum absolute atomic E-state index is 11.8. The van der Waals surface area contributed by atoms with Crippen molar-refractivity contribution in [3.8, 4) is 0 Å². The van der Waals surface area contributed by atoms with E-state index in [1.54, 1.807) is 32.6 Å². The Kier molecular flexibility index (Phi) is 10.8. The van der Waals surface area contributed by atoms with Crippen LogP contribution in [0.4, 0.5) is 0 Å². The molecule has 9 heteroatoms. The van der Waals surface area contributed by atoms with E-state index >= 15 is 0 Å². The number of nitrogens with zero attached hydrogens (tertiary/aromatic N) is 3. The summed E-state index contributed by atoms with van der Waals surface area (Å²) in [6, 6.07) is 7.49. The SMILES string of the molecule is CN(C)C(=O)CN=C(NCCc1ccc(Cl)nc1)NCCc1ccco1.I. The molecule has 2 aromatic rings. The second-order valence-electron chi connectivity index (χ2n) is 5.88. The van der Waals surface area contributed by atoms with Crippen molar-refractivity contribution in [1.82, 2.24) is 20.5 Å². The Morgan fingerprint density at radius 1 is 1.22 bits per heavy atom. The van der Waals surface area contributed by atoms with Crippen molar-refractivity contribution in [1.29, 1.82) is 0 Å². The first-order valence-electron chi connectivity index (χ1n) is 8.40. The van der Waals surface area contributed by atoms with Gasteiger partial charge in [-0.15, -0.1) is 24.0 Å². The molecule has 0 saturated carbocycles. The predicted molar refractivity (Wildman–Crippen MR) is 118 cm³/mol. The molecule has 0 bridgehead atoms. The van der Waals surface area contributed by atoms with Crippen LogP contribution in [0.3, 0.4) is 0 Å². The molecule has 2 N–H and O–H groups in total. The largest absolute Gasteiger partial charge is 0.469 e. The molecular weight excluding hydrogens is 481 g/mol. The number of halogens is 2. The molecule has 2 heterocycles. The van der Waals surface area contributed by atoms with Gasteiger partial charge in [-0.25, -0.2) is 9.98 Å². The van der Waals surface area contributed by atoms with Gasteiger partial charge in [-0.1, -0.05) is 17.7 Å². The monoisotopic (exact) mass is 505 g/mol. The van der Waals surface area contributed by atoms with E-state index in [1.807, 2.05) is 18.2 Å². The van der Waals surface area contributed by atoms with Gasteiger partial charge in [-0.2, -0.15) is 0 Å². The summed E-state index contributed by atoms with van der Waals surface area (Å²) in [4.78, 5) is 21.7. The van der Waals surface area contributed by atoms with Gasteiger partial charge in [0.15, 0.2) is 5.96 Å². The second kappa shape index (κ2) is 12.6. The van der Waals surface area contributed by atoms with E-state index in [2.05, 4.69) is 20.6 Å². The van der Waals surface area contributed by atoms with Gasteiger partial charge in [0, 0.05) is 39.8 Å². The van der Waals surface area contributed by atoms with Crippen LogP contribution < -0.4 is 10.6 Å². The number of guanidine groups is 1. The van der Waals surface area contributed by atoms with Crippen LogP contribution in [0.1, 0.15) is 11.3 Å². The van der Waals surface area contributed by atoms with Crippen molar-refractivity contribution in [2.45, 2.75) is 12.8 Å². The van der Waals surface area contributed by atoms with Gasteiger partial charge < -0.3 is 20.0 Å². The molecule has 2 rings (SSSR count). The van der Waals surface area contributed by atoms with Crippen molar-refractivity contribution in [3.05, 3.63) is 53.2 Å². The highest BCUT2D eigenvalue weighted by molar-refractivity contribution is 14.0. The first-order valence-corrected chi connectivity index (χ1v) is 8.77. The Hall–Kier alpha value is -1.81.